The molecule has 3 fully saturated rings. The highest BCUT2D eigenvalue weighted by Crippen LogP contribution is 2.64. The van der Waals surface area contributed by atoms with E-state index in [-0.39, 0.29) is 10.8 Å². The number of ketones is 2. The van der Waals surface area contributed by atoms with Gasteiger partial charge in [0.25, 0.3) is 0 Å². The van der Waals surface area contributed by atoms with Crippen molar-refractivity contribution in [3.8, 4) is 0 Å². The van der Waals surface area contributed by atoms with Crippen LogP contribution in [0.4, 0.5) is 0 Å². The SMILES string of the molecule is C[C@]12CCC(=O)C=C1CC[C@H]1[C@@H]3CCC(=O)[C@@]3(CBr)CC[C@@H]12. The van der Waals surface area contributed by atoms with Crippen molar-refractivity contribution in [2.75, 3.05) is 5.33 Å². The standard InChI is InChI=1S/C19H25BrO2/c1-18-8-6-13(21)10-12(18)2-3-14-15(18)7-9-19(11-20)16(14)4-5-17(19)22/h10,14-16H,2-9,11H2,1H3/t14-,15+,16+,18+,19-/m1/s1. The molecule has 22 heavy (non-hydrogen) atoms. The summed E-state index contributed by atoms with van der Waals surface area (Å²) in [4.78, 5) is 24.4. The summed E-state index contributed by atoms with van der Waals surface area (Å²) in [5.74, 6) is 2.79. The highest BCUT2D eigenvalue weighted by molar-refractivity contribution is 9.09. The second-order valence-corrected chi connectivity index (χ2v) is 8.82. The molecule has 5 atom stereocenters. The third-order valence-electron chi connectivity index (χ3n) is 7.65. The molecule has 0 spiro atoms. The maximum absolute atomic E-state index is 12.6. The van der Waals surface area contributed by atoms with Gasteiger partial charge in [-0.25, -0.2) is 0 Å². The molecule has 0 aromatic heterocycles. The Kier molecular flexibility index (Phi) is 3.45. The van der Waals surface area contributed by atoms with Crippen molar-refractivity contribution in [3.05, 3.63) is 11.6 Å². The number of fused-ring (bicyclic) bond motifs is 5. The van der Waals surface area contributed by atoms with Crippen LogP contribution < -0.4 is 0 Å². The Morgan fingerprint density at radius 2 is 1.91 bits per heavy atom. The van der Waals surface area contributed by atoms with E-state index in [0.717, 1.165) is 43.9 Å². The second kappa shape index (κ2) is 5.03. The number of rotatable bonds is 1. The van der Waals surface area contributed by atoms with Crippen LogP contribution in [-0.4, -0.2) is 16.9 Å². The molecule has 3 saturated carbocycles. The van der Waals surface area contributed by atoms with Crippen LogP contribution in [0.15, 0.2) is 11.6 Å². The molecular weight excluding hydrogens is 340 g/mol. The Morgan fingerprint density at radius 3 is 2.68 bits per heavy atom. The zero-order valence-electron chi connectivity index (χ0n) is 13.4. The first-order valence-electron chi connectivity index (χ1n) is 8.84. The first-order chi connectivity index (χ1) is 10.5. The van der Waals surface area contributed by atoms with Gasteiger partial charge < -0.3 is 0 Å². The van der Waals surface area contributed by atoms with Crippen molar-refractivity contribution >= 4 is 27.5 Å². The molecule has 120 valence electrons. The Balaban J connectivity index is 1.70. The van der Waals surface area contributed by atoms with E-state index in [0.29, 0.717) is 29.3 Å². The molecule has 4 rings (SSSR count). The van der Waals surface area contributed by atoms with Crippen molar-refractivity contribution in [2.24, 2.45) is 28.6 Å². The Labute approximate surface area is 141 Å². The van der Waals surface area contributed by atoms with E-state index in [1.807, 2.05) is 6.08 Å². The number of alkyl halides is 1. The number of hydrogen-bond donors (Lipinski definition) is 0. The summed E-state index contributed by atoms with van der Waals surface area (Å²) in [5, 5.41) is 0.852. The lowest BCUT2D eigenvalue weighted by molar-refractivity contribution is -0.131. The van der Waals surface area contributed by atoms with Gasteiger partial charge in [-0.05, 0) is 67.8 Å². The first kappa shape index (κ1) is 15.1. The van der Waals surface area contributed by atoms with Gasteiger partial charge in [0.2, 0.25) is 0 Å². The van der Waals surface area contributed by atoms with Gasteiger partial charge in [0.15, 0.2) is 5.78 Å². The summed E-state index contributed by atoms with van der Waals surface area (Å²) >= 11 is 3.68. The highest BCUT2D eigenvalue weighted by atomic mass is 79.9. The van der Waals surface area contributed by atoms with Crippen molar-refractivity contribution in [1.82, 2.24) is 0 Å². The maximum Gasteiger partial charge on any atom is 0.155 e. The molecule has 0 bridgehead atoms. The summed E-state index contributed by atoms with van der Waals surface area (Å²) < 4.78 is 0. The van der Waals surface area contributed by atoms with E-state index in [2.05, 4.69) is 22.9 Å². The van der Waals surface area contributed by atoms with Gasteiger partial charge in [0.1, 0.15) is 5.78 Å². The Bertz CT molecular complexity index is 566. The van der Waals surface area contributed by atoms with Crippen LogP contribution in [0.5, 0.6) is 0 Å². The van der Waals surface area contributed by atoms with E-state index in [1.54, 1.807) is 0 Å². The quantitative estimate of drug-likeness (QED) is 0.643. The molecule has 3 heteroatoms. The van der Waals surface area contributed by atoms with Crippen LogP contribution in [0.1, 0.15) is 58.3 Å². The van der Waals surface area contributed by atoms with E-state index in [4.69, 9.17) is 0 Å². The van der Waals surface area contributed by atoms with Gasteiger partial charge in [-0.2, -0.15) is 0 Å². The molecule has 2 nitrogen and oxygen atoms in total. The molecule has 0 amide bonds. The third-order valence-corrected chi connectivity index (χ3v) is 8.65. The second-order valence-electron chi connectivity index (χ2n) is 8.26. The number of carbonyl (C=O) groups is 2. The number of carbonyl (C=O) groups excluding carboxylic acids is 2. The maximum atomic E-state index is 12.6. The number of halogens is 1. The largest absolute Gasteiger partial charge is 0.299 e. The summed E-state index contributed by atoms with van der Waals surface area (Å²) in [7, 11) is 0. The minimum absolute atomic E-state index is 0.0662. The predicted molar refractivity (Wildman–Crippen MR) is 89.8 cm³/mol. The monoisotopic (exact) mass is 364 g/mol. The van der Waals surface area contributed by atoms with Crippen molar-refractivity contribution < 1.29 is 9.59 Å². The van der Waals surface area contributed by atoms with Gasteiger partial charge in [0, 0.05) is 23.6 Å². The summed E-state index contributed by atoms with van der Waals surface area (Å²) in [5.41, 5.74) is 1.57. The Hall–Kier alpha value is -0.440. The average Bonchev–Trinajstić information content (AvgIpc) is 2.86. The van der Waals surface area contributed by atoms with Gasteiger partial charge in [-0.1, -0.05) is 28.4 Å². The fourth-order valence-corrected chi connectivity index (χ4v) is 7.40. The highest BCUT2D eigenvalue weighted by Gasteiger charge is 2.60. The minimum atomic E-state index is -0.0662. The third kappa shape index (κ3) is 1.84. The van der Waals surface area contributed by atoms with Crippen molar-refractivity contribution in [2.45, 2.75) is 58.3 Å². The average molecular weight is 365 g/mol. The molecule has 4 aliphatic rings. The smallest absolute Gasteiger partial charge is 0.155 e. The van der Waals surface area contributed by atoms with Gasteiger partial charge >= 0.3 is 0 Å². The van der Waals surface area contributed by atoms with Crippen molar-refractivity contribution in [3.63, 3.8) is 0 Å². The van der Waals surface area contributed by atoms with Crippen LogP contribution in [-0.2, 0) is 9.59 Å². The lowest BCUT2D eigenvalue weighted by Gasteiger charge is -2.57. The molecule has 4 aliphatic carbocycles. The molecule has 0 aromatic rings. The molecule has 0 aromatic carbocycles. The number of hydrogen-bond acceptors (Lipinski definition) is 2. The molecule has 0 saturated heterocycles. The lowest BCUT2D eigenvalue weighted by atomic mass is 9.47. The fraction of sp³-hybridized carbons (Fsp3) is 0.789. The minimum Gasteiger partial charge on any atom is -0.299 e. The van der Waals surface area contributed by atoms with Crippen LogP contribution in [0.3, 0.4) is 0 Å². The van der Waals surface area contributed by atoms with Crippen LogP contribution in [0, 0.1) is 28.6 Å². The van der Waals surface area contributed by atoms with Gasteiger partial charge in [-0.3, -0.25) is 9.59 Å². The van der Waals surface area contributed by atoms with Gasteiger partial charge in [0.05, 0.1) is 0 Å². The zero-order chi connectivity index (χ0) is 15.5. The first-order valence-corrected chi connectivity index (χ1v) is 9.96. The molecule has 0 N–H and O–H groups in total. The number of Topliss-reactive ketones (excluding diaryl/α,β-unsaturated/α-hetero) is 1. The number of allylic oxidation sites excluding steroid dienone is 1. The van der Waals surface area contributed by atoms with Crippen LogP contribution >= 0.6 is 15.9 Å². The summed E-state index contributed by atoms with van der Waals surface area (Å²) in [6, 6.07) is 0. The zero-order valence-corrected chi connectivity index (χ0v) is 15.0. The molecular formula is C19H25BrO2. The molecule has 0 unspecified atom stereocenters. The van der Waals surface area contributed by atoms with Crippen LogP contribution in [0.2, 0.25) is 0 Å². The Morgan fingerprint density at radius 1 is 1.09 bits per heavy atom. The molecule has 0 aliphatic heterocycles. The predicted octanol–water partition coefficient (Wildman–Crippen LogP) is 4.46. The normalized spacial score (nSPS) is 47.5. The van der Waals surface area contributed by atoms with Gasteiger partial charge in [-0.15, -0.1) is 0 Å². The summed E-state index contributed by atoms with van der Waals surface area (Å²) in [6.45, 7) is 2.40. The summed E-state index contributed by atoms with van der Waals surface area (Å²) in [6.07, 6.45) is 10.1. The van der Waals surface area contributed by atoms with E-state index >= 15 is 0 Å². The van der Waals surface area contributed by atoms with Crippen molar-refractivity contribution in [1.29, 1.82) is 0 Å². The molecule has 0 heterocycles. The lowest BCUT2D eigenvalue weighted by Crippen LogP contribution is -2.52. The fourth-order valence-electron chi connectivity index (χ4n) is 6.39. The van der Waals surface area contributed by atoms with E-state index < -0.39 is 0 Å². The van der Waals surface area contributed by atoms with E-state index in [1.165, 1.54) is 18.4 Å². The van der Waals surface area contributed by atoms with E-state index in [9.17, 15) is 9.59 Å². The topological polar surface area (TPSA) is 34.1 Å². The van der Waals surface area contributed by atoms with Crippen LogP contribution in [0.25, 0.3) is 0 Å². The molecule has 0 radical (unpaired) electrons.